The number of amides is 1. The van der Waals surface area contributed by atoms with Crippen LogP contribution in [0.15, 0.2) is 41.1 Å². The number of aryl methyl sites for hydroxylation is 2. The Morgan fingerprint density at radius 1 is 1.17 bits per heavy atom. The molecule has 1 amide bonds. The third-order valence-corrected chi connectivity index (χ3v) is 7.28. The molecular weight excluding hydrogens is 456 g/mol. The molecule has 0 radical (unpaired) electrons. The molecule has 2 aliphatic heterocycles. The number of pyridine rings is 1. The third-order valence-electron chi connectivity index (χ3n) is 7.28. The van der Waals surface area contributed by atoms with Gasteiger partial charge >= 0.3 is 0 Å². The highest BCUT2D eigenvalue weighted by Crippen LogP contribution is 2.46. The normalized spacial score (nSPS) is 17.9. The number of carbonyl (C=O) groups is 1. The number of nitrogens with one attached hydrogen (secondary N) is 1. The molecule has 1 atom stereocenters. The second-order valence-corrected chi connectivity index (χ2v) is 9.55. The molecule has 1 aromatic carbocycles. The quantitative estimate of drug-likeness (QED) is 0.452. The molecule has 2 aliphatic rings. The summed E-state index contributed by atoms with van der Waals surface area (Å²) in [5.74, 6) is 2.60. The van der Waals surface area contributed by atoms with Gasteiger partial charge in [-0.05, 0) is 51.0 Å². The molecule has 4 aromatic rings. The number of hydrogen-bond acceptors (Lipinski definition) is 7. The van der Waals surface area contributed by atoms with E-state index in [-0.39, 0.29) is 18.0 Å². The minimum atomic E-state index is -0.101. The van der Waals surface area contributed by atoms with E-state index in [1.165, 1.54) is 0 Å². The van der Waals surface area contributed by atoms with Gasteiger partial charge in [0, 0.05) is 37.3 Å². The average molecular weight is 487 g/mol. The summed E-state index contributed by atoms with van der Waals surface area (Å²) in [4.78, 5) is 24.0. The molecule has 0 spiro atoms. The van der Waals surface area contributed by atoms with E-state index in [4.69, 9.17) is 14.2 Å². The Kier molecular flexibility index (Phi) is 5.62. The fourth-order valence-corrected chi connectivity index (χ4v) is 5.46. The van der Waals surface area contributed by atoms with Crippen molar-refractivity contribution < 1.29 is 14.1 Å². The van der Waals surface area contributed by atoms with Gasteiger partial charge in [0.2, 0.25) is 11.9 Å². The summed E-state index contributed by atoms with van der Waals surface area (Å²) in [6, 6.07) is 10.2. The Hall–Kier alpha value is -3.88. The van der Waals surface area contributed by atoms with Gasteiger partial charge in [-0.2, -0.15) is 0 Å². The molecule has 6 rings (SSSR count). The lowest BCUT2D eigenvalue weighted by atomic mass is 10.0. The van der Waals surface area contributed by atoms with Gasteiger partial charge in [0.1, 0.15) is 23.9 Å². The third kappa shape index (κ3) is 3.70. The SMILES string of the molecule is CCC(=O)NC1CCN(c2nc3ccc(-c4c(C)noc4C)c4c3n2[C@@H](c2ccccn2)CO4)CC1. The molecule has 0 aliphatic carbocycles. The lowest BCUT2D eigenvalue weighted by molar-refractivity contribution is -0.121. The molecule has 1 fully saturated rings. The minimum absolute atomic E-state index is 0.101. The molecule has 186 valence electrons. The van der Waals surface area contributed by atoms with Gasteiger partial charge in [-0.15, -0.1) is 0 Å². The van der Waals surface area contributed by atoms with Crippen LogP contribution >= 0.6 is 0 Å². The van der Waals surface area contributed by atoms with Crippen molar-refractivity contribution in [2.24, 2.45) is 0 Å². The van der Waals surface area contributed by atoms with Crippen LogP contribution in [0.4, 0.5) is 5.95 Å². The molecule has 0 saturated carbocycles. The van der Waals surface area contributed by atoms with Gasteiger partial charge in [0.25, 0.3) is 0 Å². The van der Waals surface area contributed by atoms with Crippen LogP contribution in [0.3, 0.4) is 0 Å². The fraction of sp³-hybridized carbons (Fsp3) is 0.407. The van der Waals surface area contributed by atoms with E-state index in [9.17, 15) is 4.79 Å². The van der Waals surface area contributed by atoms with Crippen molar-refractivity contribution >= 4 is 22.9 Å². The zero-order valence-electron chi connectivity index (χ0n) is 20.8. The van der Waals surface area contributed by atoms with E-state index >= 15 is 0 Å². The average Bonchev–Trinajstić information content (AvgIpc) is 3.46. The van der Waals surface area contributed by atoms with Crippen LogP contribution in [0.5, 0.6) is 5.75 Å². The second-order valence-electron chi connectivity index (χ2n) is 9.55. The lowest BCUT2D eigenvalue weighted by Crippen LogP contribution is -2.45. The van der Waals surface area contributed by atoms with Gasteiger partial charge in [-0.25, -0.2) is 4.98 Å². The number of hydrogen-bond donors (Lipinski definition) is 1. The largest absolute Gasteiger partial charge is 0.488 e. The highest BCUT2D eigenvalue weighted by Gasteiger charge is 2.34. The van der Waals surface area contributed by atoms with Crippen molar-refractivity contribution in [2.45, 2.75) is 52.1 Å². The molecule has 9 heteroatoms. The molecule has 0 unspecified atom stereocenters. The molecule has 9 nitrogen and oxygen atoms in total. The van der Waals surface area contributed by atoms with Crippen LogP contribution in [-0.4, -0.2) is 51.3 Å². The Labute approximate surface area is 209 Å². The molecule has 1 saturated heterocycles. The zero-order valence-corrected chi connectivity index (χ0v) is 20.8. The number of anilines is 1. The maximum Gasteiger partial charge on any atom is 0.219 e. The van der Waals surface area contributed by atoms with E-state index in [0.717, 1.165) is 76.9 Å². The Bertz CT molecular complexity index is 1400. The summed E-state index contributed by atoms with van der Waals surface area (Å²) in [5, 5.41) is 7.31. The number of aromatic nitrogens is 4. The number of nitrogens with zero attached hydrogens (tertiary/aromatic N) is 5. The Balaban J connectivity index is 1.46. The number of piperidine rings is 1. The Morgan fingerprint density at radius 2 is 2.00 bits per heavy atom. The number of ether oxygens (including phenoxy) is 1. The van der Waals surface area contributed by atoms with E-state index in [1.807, 2.05) is 45.2 Å². The van der Waals surface area contributed by atoms with Crippen LogP contribution in [0.25, 0.3) is 22.2 Å². The van der Waals surface area contributed by atoms with E-state index in [1.54, 1.807) is 0 Å². The maximum absolute atomic E-state index is 11.9. The molecule has 3 aromatic heterocycles. The topological polar surface area (TPSA) is 98.3 Å². The van der Waals surface area contributed by atoms with Crippen LogP contribution < -0.4 is 15.0 Å². The second kappa shape index (κ2) is 8.96. The number of benzene rings is 1. The number of carbonyl (C=O) groups excluding carboxylic acids is 1. The first-order valence-corrected chi connectivity index (χ1v) is 12.6. The summed E-state index contributed by atoms with van der Waals surface area (Å²) >= 11 is 0. The van der Waals surface area contributed by atoms with Gasteiger partial charge in [0.15, 0.2) is 5.75 Å². The predicted octanol–water partition coefficient (Wildman–Crippen LogP) is 4.18. The van der Waals surface area contributed by atoms with E-state index in [0.29, 0.717) is 13.0 Å². The Morgan fingerprint density at radius 3 is 2.69 bits per heavy atom. The minimum Gasteiger partial charge on any atom is -0.488 e. The van der Waals surface area contributed by atoms with Crippen LogP contribution in [0.2, 0.25) is 0 Å². The van der Waals surface area contributed by atoms with Crippen LogP contribution in [0, 0.1) is 13.8 Å². The first-order chi connectivity index (χ1) is 17.5. The first kappa shape index (κ1) is 22.6. The molecular formula is C27H30N6O3. The van der Waals surface area contributed by atoms with Gasteiger partial charge in [-0.1, -0.05) is 18.1 Å². The fourth-order valence-electron chi connectivity index (χ4n) is 5.46. The van der Waals surface area contributed by atoms with Gasteiger partial charge in [-0.3, -0.25) is 14.3 Å². The van der Waals surface area contributed by atoms with E-state index in [2.05, 4.69) is 37.1 Å². The van der Waals surface area contributed by atoms with Crippen LogP contribution in [-0.2, 0) is 4.79 Å². The summed E-state index contributed by atoms with van der Waals surface area (Å²) in [7, 11) is 0. The first-order valence-electron chi connectivity index (χ1n) is 12.6. The van der Waals surface area contributed by atoms with Crippen molar-refractivity contribution in [3.05, 3.63) is 53.7 Å². The van der Waals surface area contributed by atoms with Crippen molar-refractivity contribution in [3.8, 4) is 16.9 Å². The highest BCUT2D eigenvalue weighted by molar-refractivity contribution is 5.94. The number of rotatable bonds is 5. The van der Waals surface area contributed by atoms with E-state index < -0.39 is 0 Å². The summed E-state index contributed by atoms with van der Waals surface area (Å²) in [5.41, 5.74) is 5.55. The molecule has 36 heavy (non-hydrogen) atoms. The molecule has 1 N–H and O–H groups in total. The molecule has 5 heterocycles. The summed E-state index contributed by atoms with van der Waals surface area (Å²) in [6.45, 7) is 7.85. The van der Waals surface area contributed by atoms with Crippen molar-refractivity contribution in [3.63, 3.8) is 0 Å². The summed E-state index contributed by atoms with van der Waals surface area (Å²) < 4.78 is 14.2. The smallest absolute Gasteiger partial charge is 0.219 e. The zero-order chi connectivity index (χ0) is 24.8. The highest BCUT2D eigenvalue weighted by atomic mass is 16.5. The van der Waals surface area contributed by atoms with Crippen molar-refractivity contribution in [1.29, 1.82) is 0 Å². The van der Waals surface area contributed by atoms with Crippen molar-refractivity contribution in [1.82, 2.24) is 25.0 Å². The predicted molar refractivity (Wildman–Crippen MR) is 136 cm³/mol. The summed E-state index contributed by atoms with van der Waals surface area (Å²) in [6.07, 6.45) is 4.10. The maximum atomic E-state index is 11.9. The van der Waals surface area contributed by atoms with Gasteiger partial charge < -0.3 is 19.5 Å². The van der Waals surface area contributed by atoms with Crippen LogP contribution in [0.1, 0.15) is 49.4 Å². The standard InChI is InChI=1S/C27H30N6O3/c1-4-23(34)29-18-10-13-32(14-11-18)27-30-21-9-8-19(24-16(2)31-36-17(24)3)26-25(21)33(27)22(15-35-26)20-7-5-6-12-28-20/h5-9,12,18,22H,4,10-11,13-15H2,1-3H3,(H,29,34)/t22-/m1/s1. The lowest BCUT2D eigenvalue weighted by Gasteiger charge is -2.35. The molecule has 0 bridgehead atoms. The monoisotopic (exact) mass is 486 g/mol. The van der Waals surface area contributed by atoms with Gasteiger partial charge in [0.05, 0.1) is 22.5 Å². The van der Waals surface area contributed by atoms with Crippen molar-refractivity contribution in [2.75, 3.05) is 24.6 Å². The number of imidazole rings is 1.